The Kier molecular flexibility index (Phi) is 6.59. The van der Waals surface area contributed by atoms with Crippen molar-refractivity contribution in [2.75, 3.05) is 13.6 Å². The number of unbranched alkanes of at least 4 members (excludes halogenated alkanes) is 1. The van der Waals surface area contributed by atoms with Crippen LogP contribution in [0.2, 0.25) is 0 Å². The van der Waals surface area contributed by atoms with E-state index in [1.165, 1.54) is 57.2 Å². The minimum absolute atomic E-state index is 0.989. The van der Waals surface area contributed by atoms with E-state index in [2.05, 4.69) is 107 Å². The molecule has 2 aromatic heterocycles. The van der Waals surface area contributed by atoms with Crippen molar-refractivity contribution in [1.29, 1.82) is 0 Å². The zero-order chi connectivity index (χ0) is 22.5. The van der Waals surface area contributed by atoms with Gasteiger partial charge in [-0.1, -0.05) is 66.7 Å². The van der Waals surface area contributed by atoms with Crippen LogP contribution in [0.3, 0.4) is 0 Å². The molecule has 0 atom stereocenters. The molecule has 33 heavy (non-hydrogen) atoms. The summed E-state index contributed by atoms with van der Waals surface area (Å²) in [5.74, 6) is 0. The van der Waals surface area contributed by atoms with Gasteiger partial charge in [0.1, 0.15) is 0 Å². The van der Waals surface area contributed by atoms with Crippen LogP contribution < -0.4 is 0 Å². The molecule has 5 aromatic rings. The third-order valence-corrected chi connectivity index (χ3v) is 6.65. The van der Waals surface area contributed by atoms with Gasteiger partial charge in [0.2, 0.25) is 0 Å². The number of fused-ring (bicyclic) bond motifs is 2. The van der Waals surface area contributed by atoms with Crippen LogP contribution >= 0.6 is 0 Å². The molecule has 0 fully saturated rings. The molecule has 168 valence electrons. The number of nitrogens with zero attached hydrogens (tertiary/aromatic N) is 1. The molecule has 0 saturated heterocycles. The summed E-state index contributed by atoms with van der Waals surface area (Å²) in [7, 11) is 2.22. The van der Waals surface area contributed by atoms with Crippen molar-refractivity contribution in [2.24, 2.45) is 0 Å². The Morgan fingerprint density at radius 2 is 1.42 bits per heavy atom. The highest BCUT2D eigenvalue weighted by molar-refractivity contribution is 5.84. The Bertz CT molecular complexity index is 1280. The lowest BCUT2D eigenvalue weighted by atomic mass is 10.0. The molecule has 0 bridgehead atoms. The van der Waals surface area contributed by atoms with Crippen molar-refractivity contribution in [3.63, 3.8) is 0 Å². The van der Waals surface area contributed by atoms with Crippen molar-refractivity contribution >= 4 is 21.8 Å². The van der Waals surface area contributed by atoms with Crippen molar-refractivity contribution < 1.29 is 0 Å². The van der Waals surface area contributed by atoms with Crippen LogP contribution in [0.5, 0.6) is 0 Å². The third kappa shape index (κ3) is 5.20. The first-order chi connectivity index (χ1) is 16.3. The lowest BCUT2D eigenvalue weighted by molar-refractivity contribution is 0.331. The van der Waals surface area contributed by atoms with Gasteiger partial charge in [0.05, 0.1) is 0 Å². The summed E-state index contributed by atoms with van der Waals surface area (Å²) < 4.78 is 0. The molecule has 3 heteroatoms. The standard InChI is InChI=1S/C30H33N3/c1-33(22-23-11-3-2-4-12-23)20-19-27-26-15-7-10-18-29(26)32-30(27)17-9-6-14-25-21-24-13-5-8-16-28(24)31-25/h2-5,7-8,10-13,15-16,18,21,31-32H,6,9,14,17,19-20,22H2,1H3. The Morgan fingerprint density at radius 3 is 2.27 bits per heavy atom. The van der Waals surface area contributed by atoms with Crippen molar-refractivity contribution in [1.82, 2.24) is 14.9 Å². The highest BCUT2D eigenvalue weighted by atomic mass is 15.1. The zero-order valence-corrected chi connectivity index (χ0v) is 19.5. The fourth-order valence-corrected chi connectivity index (χ4v) is 4.92. The summed E-state index contributed by atoms with van der Waals surface area (Å²) in [5.41, 5.74) is 8.14. The fourth-order valence-electron chi connectivity index (χ4n) is 4.92. The topological polar surface area (TPSA) is 34.8 Å². The quantitative estimate of drug-likeness (QED) is 0.230. The number of aromatic amines is 2. The van der Waals surface area contributed by atoms with Crippen LogP contribution in [0.4, 0.5) is 0 Å². The lowest BCUT2D eigenvalue weighted by Gasteiger charge is -2.17. The average molecular weight is 436 g/mol. The van der Waals surface area contributed by atoms with Crippen LogP contribution in [0, 0.1) is 0 Å². The normalized spacial score (nSPS) is 11.7. The van der Waals surface area contributed by atoms with Crippen molar-refractivity contribution in [3.8, 4) is 0 Å². The molecular formula is C30H33N3. The lowest BCUT2D eigenvalue weighted by Crippen LogP contribution is -2.21. The highest BCUT2D eigenvalue weighted by Gasteiger charge is 2.12. The summed E-state index contributed by atoms with van der Waals surface area (Å²) in [6, 6.07) is 30.3. The molecule has 0 unspecified atom stereocenters. The van der Waals surface area contributed by atoms with Gasteiger partial charge in [-0.2, -0.15) is 0 Å². The van der Waals surface area contributed by atoms with E-state index in [1.54, 1.807) is 0 Å². The molecule has 5 rings (SSSR count). The smallest absolute Gasteiger partial charge is 0.0458 e. The number of hydrogen-bond acceptors (Lipinski definition) is 1. The predicted octanol–water partition coefficient (Wildman–Crippen LogP) is 6.89. The maximum atomic E-state index is 3.73. The molecule has 3 nitrogen and oxygen atoms in total. The van der Waals surface area contributed by atoms with E-state index in [9.17, 15) is 0 Å². The Morgan fingerprint density at radius 1 is 0.697 bits per heavy atom. The van der Waals surface area contributed by atoms with Crippen molar-refractivity contribution in [3.05, 3.63) is 107 Å². The van der Waals surface area contributed by atoms with Gasteiger partial charge in [-0.05, 0) is 73.9 Å². The second-order valence-electron chi connectivity index (χ2n) is 9.19. The molecule has 0 aliphatic heterocycles. The van der Waals surface area contributed by atoms with Crippen LogP contribution in [-0.2, 0) is 25.8 Å². The number of H-pyrrole nitrogens is 2. The minimum Gasteiger partial charge on any atom is -0.358 e. The summed E-state index contributed by atoms with van der Waals surface area (Å²) in [6.07, 6.45) is 5.66. The molecular weight excluding hydrogens is 402 g/mol. The Hall–Kier alpha value is -3.30. The summed E-state index contributed by atoms with van der Waals surface area (Å²) in [4.78, 5) is 9.73. The van der Waals surface area contributed by atoms with E-state index in [4.69, 9.17) is 0 Å². The van der Waals surface area contributed by atoms with Crippen LogP contribution in [0.15, 0.2) is 84.9 Å². The van der Waals surface area contributed by atoms with Gasteiger partial charge in [-0.3, -0.25) is 0 Å². The van der Waals surface area contributed by atoms with Gasteiger partial charge in [0.15, 0.2) is 0 Å². The van der Waals surface area contributed by atoms with Crippen LogP contribution in [0.1, 0.15) is 35.4 Å². The SMILES string of the molecule is CN(CCc1c(CCCCc2cc3ccccc3[nH]2)[nH]c2ccccc12)Cc1ccccc1. The maximum Gasteiger partial charge on any atom is 0.0458 e. The van der Waals surface area contributed by atoms with Gasteiger partial charge >= 0.3 is 0 Å². The van der Waals surface area contributed by atoms with Crippen molar-refractivity contribution in [2.45, 2.75) is 38.6 Å². The Labute approximate surface area is 196 Å². The van der Waals surface area contributed by atoms with E-state index in [1.807, 2.05) is 0 Å². The number of hydrogen-bond donors (Lipinski definition) is 2. The first-order valence-corrected chi connectivity index (χ1v) is 12.1. The molecule has 0 spiro atoms. The second kappa shape index (κ2) is 10.1. The second-order valence-corrected chi connectivity index (χ2v) is 9.19. The molecule has 0 aliphatic rings. The molecule has 0 radical (unpaired) electrons. The largest absolute Gasteiger partial charge is 0.358 e. The number of aromatic nitrogens is 2. The summed E-state index contributed by atoms with van der Waals surface area (Å²) in [5, 5.41) is 2.70. The van der Waals surface area contributed by atoms with Crippen LogP contribution in [0.25, 0.3) is 21.8 Å². The number of nitrogens with one attached hydrogen (secondary N) is 2. The summed E-state index contributed by atoms with van der Waals surface area (Å²) >= 11 is 0. The molecule has 2 N–H and O–H groups in total. The molecule has 0 aliphatic carbocycles. The minimum atomic E-state index is 0.989. The molecule has 3 aromatic carbocycles. The number of para-hydroxylation sites is 2. The van der Waals surface area contributed by atoms with Gasteiger partial charge in [0.25, 0.3) is 0 Å². The van der Waals surface area contributed by atoms with Gasteiger partial charge in [-0.25, -0.2) is 0 Å². The molecule has 0 saturated carbocycles. The number of aryl methyl sites for hydroxylation is 2. The van der Waals surface area contributed by atoms with E-state index in [0.29, 0.717) is 0 Å². The average Bonchev–Trinajstić information content (AvgIpc) is 3.41. The number of rotatable bonds is 10. The van der Waals surface area contributed by atoms with Gasteiger partial charge in [0, 0.05) is 40.9 Å². The first kappa shape index (κ1) is 21.5. The van der Waals surface area contributed by atoms with E-state index < -0.39 is 0 Å². The fraction of sp³-hybridized carbons (Fsp3) is 0.267. The number of benzene rings is 3. The molecule has 0 amide bonds. The molecule has 2 heterocycles. The summed E-state index contributed by atoms with van der Waals surface area (Å²) in [6.45, 7) is 2.04. The predicted molar refractivity (Wildman–Crippen MR) is 140 cm³/mol. The van der Waals surface area contributed by atoms with E-state index >= 15 is 0 Å². The highest BCUT2D eigenvalue weighted by Crippen LogP contribution is 2.25. The van der Waals surface area contributed by atoms with E-state index in [-0.39, 0.29) is 0 Å². The first-order valence-electron chi connectivity index (χ1n) is 12.1. The third-order valence-electron chi connectivity index (χ3n) is 6.65. The monoisotopic (exact) mass is 435 g/mol. The van der Waals surface area contributed by atoms with Gasteiger partial charge < -0.3 is 14.9 Å². The Balaban J connectivity index is 1.21. The van der Waals surface area contributed by atoms with E-state index in [0.717, 1.165) is 32.4 Å². The maximum absolute atomic E-state index is 3.73. The zero-order valence-electron chi connectivity index (χ0n) is 19.5. The van der Waals surface area contributed by atoms with Gasteiger partial charge in [-0.15, -0.1) is 0 Å². The van der Waals surface area contributed by atoms with Crippen LogP contribution in [-0.4, -0.2) is 28.5 Å². The number of likely N-dealkylation sites (N-methyl/N-ethyl adjacent to an activating group) is 1.